The number of ether oxygens (including phenoxy) is 1. The second-order valence-corrected chi connectivity index (χ2v) is 4.51. The first-order valence-corrected chi connectivity index (χ1v) is 5.50. The first-order chi connectivity index (χ1) is 6.77. The Hall–Kier alpha value is -0.870. The maximum atomic E-state index is 10.7. The molecule has 0 bridgehead atoms. The number of carboxylic acid groups (broad SMARTS) is 1. The summed E-state index contributed by atoms with van der Waals surface area (Å²) in [6.45, 7) is 1.59. The molecule has 1 aliphatic rings. The fourth-order valence-electron chi connectivity index (χ4n) is 1.67. The monoisotopic (exact) mass is 212 g/mol. The molecule has 76 valence electrons. The largest absolute Gasteiger partial charge is 0.477 e. The van der Waals surface area contributed by atoms with Crippen molar-refractivity contribution in [3.8, 4) is 0 Å². The molecule has 0 aromatic carbocycles. The van der Waals surface area contributed by atoms with E-state index in [2.05, 4.69) is 0 Å². The summed E-state index contributed by atoms with van der Waals surface area (Å²) in [5.41, 5.74) is 0. The van der Waals surface area contributed by atoms with Crippen LogP contribution in [0.5, 0.6) is 0 Å². The van der Waals surface area contributed by atoms with Crippen LogP contribution >= 0.6 is 11.3 Å². The molecule has 14 heavy (non-hydrogen) atoms. The van der Waals surface area contributed by atoms with Crippen molar-refractivity contribution in [1.29, 1.82) is 0 Å². The number of hydrogen-bond acceptors (Lipinski definition) is 3. The number of aromatic carboxylic acids is 1. The zero-order valence-corrected chi connectivity index (χ0v) is 8.55. The fourth-order valence-corrected chi connectivity index (χ4v) is 2.69. The Morgan fingerprint density at radius 3 is 2.71 bits per heavy atom. The van der Waals surface area contributed by atoms with Crippen molar-refractivity contribution in [1.82, 2.24) is 0 Å². The highest BCUT2D eigenvalue weighted by Gasteiger charge is 2.18. The van der Waals surface area contributed by atoms with Crippen molar-refractivity contribution in [3.63, 3.8) is 0 Å². The van der Waals surface area contributed by atoms with Crippen molar-refractivity contribution in [2.24, 2.45) is 0 Å². The first-order valence-electron chi connectivity index (χ1n) is 4.68. The predicted octanol–water partition coefficient (Wildman–Crippen LogP) is 2.34. The van der Waals surface area contributed by atoms with Crippen LogP contribution in [0.15, 0.2) is 12.1 Å². The minimum absolute atomic E-state index is 0.437. The van der Waals surface area contributed by atoms with Crippen molar-refractivity contribution in [3.05, 3.63) is 21.9 Å². The summed E-state index contributed by atoms with van der Waals surface area (Å²) in [6, 6.07) is 3.63. The van der Waals surface area contributed by atoms with Gasteiger partial charge in [-0.25, -0.2) is 4.79 Å². The van der Waals surface area contributed by atoms with E-state index in [1.807, 2.05) is 6.07 Å². The van der Waals surface area contributed by atoms with E-state index in [4.69, 9.17) is 9.84 Å². The van der Waals surface area contributed by atoms with Crippen molar-refractivity contribution in [2.75, 3.05) is 13.2 Å². The minimum Gasteiger partial charge on any atom is -0.477 e. The third-order valence-corrected chi connectivity index (χ3v) is 3.70. The average molecular weight is 212 g/mol. The van der Waals surface area contributed by atoms with Crippen LogP contribution in [-0.4, -0.2) is 24.3 Å². The van der Waals surface area contributed by atoms with E-state index >= 15 is 0 Å². The molecule has 0 spiro atoms. The zero-order chi connectivity index (χ0) is 9.97. The molecule has 0 amide bonds. The molecule has 1 fully saturated rings. The SMILES string of the molecule is O=C(O)c1ccc(C2CCOCC2)s1. The van der Waals surface area contributed by atoms with Crippen LogP contribution in [0.25, 0.3) is 0 Å². The Bertz CT molecular complexity index is 326. The lowest BCUT2D eigenvalue weighted by atomic mass is 9.99. The van der Waals surface area contributed by atoms with E-state index in [-0.39, 0.29) is 0 Å². The van der Waals surface area contributed by atoms with E-state index in [1.54, 1.807) is 6.07 Å². The van der Waals surface area contributed by atoms with Crippen LogP contribution in [0.4, 0.5) is 0 Å². The summed E-state index contributed by atoms with van der Waals surface area (Å²) in [4.78, 5) is 12.3. The quantitative estimate of drug-likeness (QED) is 0.818. The third-order valence-electron chi connectivity index (χ3n) is 2.46. The Labute approximate surface area is 86.3 Å². The van der Waals surface area contributed by atoms with Crippen molar-refractivity contribution < 1.29 is 14.6 Å². The standard InChI is InChI=1S/C10H12O3S/c11-10(12)9-2-1-8(14-9)7-3-5-13-6-4-7/h1-2,7H,3-6H2,(H,11,12). The van der Waals surface area contributed by atoms with Gasteiger partial charge in [0.15, 0.2) is 0 Å². The van der Waals surface area contributed by atoms with E-state index in [1.165, 1.54) is 16.2 Å². The Kier molecular flexibility index (Phi) is 2.84. The molecule has 1 N–H and O–H groups in total. The normalized spacial score (nSPS) is 18.3. The van der Waals surface area contributed by atoms with Crippen LogP contribution in [0, 0.1) is 0 Å². The zero-order valence-electron chi connectivity index (χ0n) is 7.73. The van der Waals surface area contributed by atoms with Gasteiger partial charge in [-0.15, -0.1) is 11.3 Å². The maximum absolute atomic E-state index is 10.7. The second-order valence-electron chi connectivity index (χ2n) is 3.39. The van der Waals surface area contributed by atoms with E-state index in [9.17, 15) is 4.79 Å². The Morgan fingerprint density at radius 2 is 2.14 bits per heavy atom. The third kappa shape index (κ3) is 1.96. The van der Waals surface area contributed by atoms with Crippen LogP contribution < -0.4 is 0 Å². The van der Waals surface area contributed by atoms with Crippen LogP contribution in [0.2, 0.25) is 0 Å². The van der Waals surface area contributed by atoms with Gasteiger partial charge in [-0.3, -0.25) is 0 Å². The molecule has 0 radical (unpaired) electrons. The van der Waals surface area contributed by atoms with E-state index in [0.717, 1.165) is 26.1 Å². The molecule has 3 nitrogen and oxygen atoms in total. The van der Waals surface area contributed by atoms with Gasteiger partial charge in [0.05, 0.1) is 0 Å². The number of carboxylic acids is 1. The molecule has 1 aliphatic heterocycles. The van der Waals surface area contributed by atoms with Crippen molar-refractivity contribution >= 4 is 17.3 Å². The Balaban J connectivity index is 2.11. The molecule has 0 saturated carbocycles. The summed E-state index contributed by atoms with van der Waals surface area (Å²) < 4.78 is 5.26. The van der Waals surface area contributed by atoms with Gasteiger partial charge in [-0.1, -0.05) is 0 Å². The molecular formula is C10H12O3S. The molecule has 1 aromatic rings. The van der Waals surface area contributed by atoms with Gasteiger partial charge in [0.25, 0.3) is 0 Å². The number of hydrogen-bond donors (Lipinski definition) is 1. The van der Waals surface area contributed by atoms with Gasteiger partial charge in [0, 0.05) is 18.1 Å². The minimum atomic E-state index is -0.826. The van der Waals surface area contributed by atoms with Gasteiger partial charge in [-0.05, 0) is 30.9 Å². The molecule has 1 aromatic heterocycles. The molecule has 0 aliphatic carbocycles. The average Bonchev–Trinajstić information content (AvgIpc) is 2.68. The van der Waals surface area contributed by atoms with Crippen LogP contribution in [-0.2, 0) is 4.74 Å². The highest BCUT2D eigenvalue weighted by molar-refractivity contribution is 7.14. The topological polar surface area (TPSA) is 46.5 Å². The summed E-state index contributed by atoms with van der Waals surface area (Å²) in [5.74, 6) is -0.324. The van der Waals surface area contributed by atoms with Gasteiger partial charge in [0.2, 0.25) is 0 Å². The second kappa shape index (κ2) is 4.11. The van der Waals surface area contributed by atoms with E-state index in [0.29, 0.717) is 10.8 Å². The number of thiophene rings is 1. The lowest BCUT2D eigenvalue weighted by Gasteiger charge is -2.20. The highest BCUT2D eigenvalue weighted by atomic mass is 32.1. The highest BCUT2D eigenvalue weighted by Crippen LogP contribution is 2.32. The fraction of sp³-hybridized carbons (Fsp3) is 0.500. The predicted molar refractivity (Wildman–Crippen MR) is 54.1 cm³/mol. The molecule has 2 heterocycles. The molecule has 2 rings (SSSR count). The van der Waals surface area contributed by atoms with Crippen molar-refractivity contribution in [2.45, 2.75) is 18.8 Å². The summed E-state index contributed by atoms with van der Waals surface area (Å²) in [6.07, 6.45) is 2.03. The Morgan fingerprint density at radius 1 is 1.43 bits per heavy atom. The van der Waals surface area contributed by atoms with Crippen LogP contribution in [0.1, 0.15) is 33.3 Å². The van der Waals surface area contributed by atoms with Gasteiger partial charge in [-0.2, -0.15) is 0 Å². The molecule has 1 saturated heterocycles. The number of carbonyl (C=O) groups is 1. The number of rotatable bonds is 2. The van der Waals surface area contributed by atoms with Crippen LogP contribution in [0.3, 0.4) is 0 Å². The van der Waals surface area contributed by atoms with Gasteiger partial charge in [0.1, 0.15) is 4.88 Å². The lowest BCUT2D eigenvalue weighted by Crippen LogP contribution is -2.12. The summed E-state index contributed by atoms with van der Waals surface area (Å²) >= 11 is 1.39. The molecule has 0 atom stereocenters. The summed E-state index contributed by atoms with van der Waals surface area (Å²) in [5, 5.41) is 8.78. The smallest absolute Gasteiger partial charge is 0.345 e. The van der Waals surface area contributed by atoms with Gasteiger partial charge < -0.3 is 9.84 Å². The first kappa shape index (κ1) is 9.68. The van der Waals surface area contributed by atoms with E-state index < -0.39 is 5.97 Å². The molecule has 0 unspecified atom stereocenters. The molecule has 4 heteroatoms. The summed E-state index contributed by atoms with van der Waals surface area (Å²) in [7, 11) is 0. The molecular weight excluding hydrogens is 200 g/mol. The maximum Gasteiger partial charge on any atom is 0.345 e. The lowest BCUT2D eigenvalue weighted by molar-refractivity contribution is 0.0702. The van der Waals surface area contributed by atoms with Gasteiger partial charge >= 0.3 is 5.97 Å².